The second-order valence-electron chi connectivity index (χ2n) is 5.24. The maximum Gasteiger partial charge on any atom is 0.0404 e. The van der Waals surface area contributed by atoms with Crippen LogP contribution in [0.1, 0.15) is 61.8 Å². The van der Waals surface area contributed by atoms with Crippen molar-refractivity contribution in [2.24, 2.45) is 0 Å². The van der Waals surface area contributed by atoms with E-state index in [1.165, 1.54) is 11.1 Å². The summed E-state index contributed by atoms with van der Waals surface area (Å²) in [6, 6.07) is 8.31. The molecule has 0 aliphatic carbocycles. The molecule has 0 unspecified atom stereocenters. The van der Waals surface area contributed by atoms with E-state index in [0.29, 0.717) is 5.92 Å². The van der Waals surface area contributed by atoms with Crippen LogP contribution in [0.3, 0.4) is 0 Å². The first-order valence-electron chi connectivity index (χ1n) is 7.73. The van der Waals surface area contributed by atoms with Crippen molar-refractivity contribution in [3.05, 3.63) is 58.7 Å². The smallest absolute Gasteiger partial charge is 0.0404 e. The molecule has 0 aliphatic rings. The minimum absolute atomic E-state index is 0.591. The van der Waals surface area contributed by atoms with E-state index in [9.17, 15) is 0 Å². The first-order chi connectivity index (χ1) is 9.90. The fraction of sp³-hybridized carbons (Fsp3) is 0.474. The molecule has 0 saturated heterocycles. The molecule has 0 atom stereocenters. The molecule has 21 heavy (non-hydrogen) atoms. The Hall–Kier alpha value is -1.70. The molecule has 2 heteroatoms. The molecule has 2 aromatic rings. The second kappa shape index (κ2) is 10.1. The largest absolute Gasteiger partial charge is 0.261 e. The predicted molar refractivity (Wildman–Crippen MR) is 92.9 cm³/mol. The van der Waals surface area contributed by atoms with Crippen LogP contribution in [-0.4, -0.2) is 9.97 Å². The molecule has 0 aromatic carbocycles. The van der Waals surface area contributed by atoms with Gasteiger partial charge < -0.3 is 0 Å². The minimum Gasteiger partial charge on any atom is -0.261 e. The quantitative estimate of drug-likeness (QED) is 0.687. The van der Waals surface area contributed by atoms with Gasteiger partial charge in [-0.1, -0.05) is 39.8 Å². The zero-order chi connectivity index (χ0) is 16.4. The molecule has 0 radical (unpaired) electrons. The van der Waals surface area contributed by atoms with E-state index in [0.717, 1.165) is 17.1 Å². The Balaban J connectivity index is 0.000000342. The number of rotatable bonds is 1. The van der Waals surface area contributed by atoms with Gasteiger partial charge in [-0.15, -0.1) is 0 Å². The Morgan fingerprint density at radius 3 is 1.76 bits per heavy atom. The van der Waals surface area contributed by atoms with Crippen molar-refractivity contribution in [3.63, 3.8) is 0 Å². The number of hydrogen-bond acceptors (Lipinski definition) is 2. The van der Waals surface area contributed by atoms with Gasteiger partial charge in [0.05, 0.1) is 0 Å². The fourth-order valence-corrected chi connectivity index (χ4v) is 1.58. The van der Waals surface area contributed by atoms with Crippen LogP contribution in [0, 0.1) is 27.7 Å². The molecule has 2 heterocycles. The highest BCUT2D eigenvalue weighted by Crippen LogP contribution is 2.11. The summed E-state index contributed by atoms with van der Waals surface area (Å²) in [4.78, 5) is 8.47. The van der Waals surface area contributed by atoms with Crippen LogP contribution < -0.4 is 0 Å². The standard InChI is InChI=1S/C9H13N.C8H11N.C2H6/c1-7(2)9-5-4-8(3)10-6-9;1-6-4-5-7(2)9-8(6)3;1-2/h4-7H,1-3H3;4-5H,1-3H3;1-2H3. The van der Waals surface area contributed by atoms with Crippen molar-refractivity contribution < 1.29 is 0 Å². The molecule has 0 fully saturated rings. The van der Waals surface area contributed by atoms with E-state index in [4.69, 9.17) is 0 Å². The molecule has 2 aromatic heterocycles. The Kier molecular flexibility index (Phi) is 9.27. The van der Waals surface area contributed by atoms with Gasteiger partial charge in [0.1, 0.15) is 0 Å². The summed E-state index contributed by atoms with van der Waals surface area (Å²) < 4.78 is 0. The summed E-state index contributed by atoms with van der Waals surface area (Å²) in [5.74, 6) is 0.591. The zero-order valence-electron chi connectivity index (χ0n) is 14.9. The van der Waals surface area contributed by atoms with Gasteiger partial charge in [0, 0.05) is 23.3 Å². The SMILES string of the molecule is CC.Cc1ccc(C(C)C)cn1.Cc1ccc(C)c(C)n1. The first-order valence-corrected chi connectivity index (χ1v) is 7.73. The van der Waals surface area contributed by atoms with Crippen molar-refractivity contribution in [1.82, 2.24) is 9.97 Å². The fourth-order valence-electron chi connectivity index (χ4n) is 1.58. The van der Waals surface area contributed by atoms with Crippen molar-refractivity contribution >= 4 is 0 Å². The third-order valence-electron chi connectivity index (χ3n) is 3.09. The normalized spacial score (nSPS) is 9.38. The van der Waals surface area contributed by atoms with Gasteiger partial charge in [-0.05, 0) is 56.9 Å². The van der Waals surface area contributed by atoms with Gasteiger partial charge in [-0.3, -0.25) is 9.97 Å². The monoisotopic (exact) mass is 286 g/mol. The number of pyridine rings is 2. The van der Waals surface area contributed by atoms with Crippen LogP contribution in [0.2, 0.25) is 0 Å². The third-order valence-corrected chi connectivity index (χ3v) is 3.09. The molecule has 0 spiro atoms. The van der Waals surface area contributed by atoms with E-state index in [-0.39, 0.29) is 0 Å². The van der Waals surface area contributed by atoms with Gasteiger partial charge in [0.15, 0.2) is 0 Å². The molecule has 2 rings (SSSR count). The van der Waals surface area contributed by atoms with Gasteiger partial charge in [0.25, 0.3) is 0 Å². The third kappa shape index (κ3) is 7.60. The Labute approximate surface area is 130 Å². The molecule has 0 amide bonds. The maximum absolute atomic E-state index is 4.27. The van der Waals surface area contributed by atoms with Crippen LogP contribution in [0.5, 0.6) is 0 Å². The van der Waals surface area contributed by atoms with Gasteiger partial charge >= 0.3 is 0 Å². The average molecular weight is 286 g/mol. The lowest BCUT2D eigenvalue weighted by Crippen LogP contribution is -1.88. The number of nitrogens with zero attached hydrogens (tertiary/aromatic N) is 2. The Bertz CT molecular complexity index is 514. The Morgan fingerprint density at radius 1 is 0.810 bits per heavy atom. The molecule has 0 N–H and O–H groups in total. The topological polar surface area (TPSA) is 25.8 Å². The highest BCUT2D eigenvalue weighted by atomic mass is 14.7. The van der Waals surface area contributed by atoms with E-state index in [2.05, 4.69) is 48.9 Å². The van der Waals surface area contributed by atoms with E-state index in [1.807, 2.05) is 46.9 Å². The van der Waals surface area contributed by atoms with Crippen LogP contribution in [0.25, 0.3) is 0 Å². The maximum atomic E-state index is 4.27. The lowest BCUT2D eigenvalue weighted by atomic mass is 10.1. The molecule has 2 nitrogen and oxygen atoms in total. The molecule has 0 bridgehead atoms. The van der Waals surface area contributed by atoms with Crippen LogP contribution in [0.4, 0.5) is 0 Å². The second-order valence-corrected chi connectivity index (χ2v) is 5.24. The number of aromatic nitrogens is 2. The molecular weight excluding hydrogens is 256 g/mol. The van der Waals surface area contributed by atoms with Crippen molar-refractivity contribution in [1.29, 1.82) is 0 Å². The first kappa shape index (κ1) is 19.3. The van der Waals surface area contributed by atoms with Gasteiger partial charge in [0.2, 0.25) is 0 Å². The zero-order valence-corrected chi connectivity index (χ0v) is 14.9. The van der Waals surface area contributed by atoms with Crippen molar-refractivity contribution in [2.45, 2.75) is 61.3 Å². The van der Waals surface area contributed by atoms with Crippen LogP contribution in [0.15, 0.2) is 30.5 Å². The predicted octanol–water partition coefficient (Wildman–Crippen LogP) is 5.55. The minimum atomic E-state index is 0.591. The summed E-state index contributed by atoms with van der Waals surface area (Å²) in [5, 5.41) is 0. The summed E-state index contributed by atoms with van der Waals surface area (Å²) in [6.45, 7) is 16.5. The van der Waals surface area contributed by atoms with Gasteiger partial charge in [-0.25, -0.2) is 0 Å². The number of aryl methyl sites for hydroxylation is 4. The van der Waals surface area contributed by atoms with Crippen LogP contribution in [-0.2, 0) is 0 Å². The van der Waals surface area contributed by atoms with E-state index in [1.54, 1.807) is 0 Å². The summed E-state index contributed by atoms with van der Waals surface area (Å²) in [5.41, 5.74) is 5.89. The van der Waals surface area contributed by atoms with E-state index >= 15 is 0 Å². The summed E-state index contributed by atoms with van der Waals surface area (Å²) >= 11 is 0. The lowest BCUT2D eigenvalue weighted by molar-refractivity contribution is 0.855. The summed E-state index contributed by atoms with van der Waals surface area (Å²) in [6.07, 6.45) is 1.94. The van der Waals surface area contributed by atoms with E-state index < -0.39 is 0 Å². The van der Waals surface area contributed by atoms with Crippen molar-refractivity contribution in [2.75, 3.05) is 0 Å². The van der Waals surface area contributed by atoms with Crippen LogP contribution >= 0.6 is 0 Å². The Morgan fingerprint density at radius 2 is 1.38 bits per heavy atom. The molecule has 116 valence electrons. The number of hydrogen-bond donors (Lipinski definition) is 0. The lowest BCUT2D eigenvalue weighted by Gasteiger charge is -2.02. The highest BCUT2D eigenvalue weighted by Gasteiger charge is 1.96. The summed E-state index contributed by atoms with van der Waals surface area (Å²) in [7, 11) is 0. The molecular formula is C19H30N2. The molecule has 0 aliphatic heterocycles. The van der Waals surface area contributed by atoms with Gasteiger partial charge in [-0.2, -0.15) is 0 Å². The van der Waals surface area contributed by atoms with Crippen molar-refractivity contribution in [3.8, 4) is 0 Å². The average Bonchev–Trinajstić information content (AvgIpc) is 2.46. The highest BCUT2D eigenvalue weighted by molar-refractivity contribution is 5.19. The molecule has 0 saturated carbocycles.